The molecule has 2 rings (SSSR count). The van der Waals surface area contributed by atoms with Gasteiger partial charge >= 0.3 is 0 Å². The molecule has 1 amide bonds. The monoisotopic (exact) mass is 337 g/mol. The highest BCUT2D eigenvalue weighted by Crippen LogP contribution is 2.20. The third kappa shape index (κ3) is 3.36. The van der Waals surface area contributed by atoms with Gasteiger partial charge in [-0.25, -0.2) is 4.98 Å². The first kappa shape index (κ1) is 14.5. The average Bonchev–Trinajstić information content (AvgIpc) is 2.93. The van der Waals surface area contributed by atoms with Crippen molar-refractivity contribution >= 4 is 27.7 Å². The number of carbonyl (C=O) groups excluding carboxylic acids is 1. The van der Waals surface area contributed by atoms with E-state index >= 15 is 0 Å². The van der Waals surface area contributed by atoms with Gasteiger partial charge in [-0.05, 0) is 28.9 Å². The Morgan fingerprint density at radius 3 is 2.95 bits per heavy atom. The summed E-state index contributed by atoms with van der Waals surface area (Å²) in [5, 5.41) is 9.71. The predicted molar refractivity (Wildman–Crippen MR) is 80.5 cm³/mol. The number of amides is 1. The van der Waals surface area contributed by atoms with Crippen molar-refractivity contribution in [1.82, 2.24) is 20.1 Å². The number of rotatable bonds is 5. The van der Waals surface area contributed by atoms with Gasteiger partial charge in [-0.15, -0.1) is 0 Å². The Morgan fingerprint density at radius 1 is 1.50 bits per heavy atom. The molecule has 0 fully saturated rings. The van der Waals surface area contributed by atoms with Crippen LogP contribution in [0.1, 0.15) is 22.8 Å². The van der Waals surface area contributed by atoms with E-state index in [1.54, 1.807) is 36.6 Å². The summed E-state index contributed by atoms with van der Waals surface area (Å²) >= 11 is 3.35. The first-order valence-corrected chi connectivity index (χ1v) is 7.03. The summed E-state index contributed by atoms with van der Waals surface area (Å²) in [6.45, 7) is 3.17. The fraction of sp³-hybridized carbons (Fsp3) is 0.308. The first-order valence-electron chi connectivity index (χ1n) is 6.24. The first-order chi connectivity index (χ1) is 9.61. The maximum Gasteiger partial charge on any atom is 0.257 e. The van der Waals surface area contributed by atoms with Crippen molar-refractivity contribution in [2.24, 2.45) is 0 Å². The molecule has 0 atom stereocenters. The SMILES string of the molecule is CCNc1ncc(Br)cc1C(=O)N(C)Cc1cn[nH]c1. The van der Waals surface area contributed by atoms with E-state index in [-0.39, 0.29) is 5.91 Å². The summed E-state index contributed by atoms with van der Waals surface area (Å²) in [4.78, 5) is 18.4. The van der Waals surface area contributed by atoms with E-state index in [1.165, 1.54) is 0 Å². The lowest BCUT2D eigenvalue weighted by Crippen LogP contribution is -2.27. The van der Waals surface area contributed by atoms with Crippen molar-refractivity contribution in [3.8, 4) is 0 Å². The number of H-pyrrole nitrogens is 1. The Hall–Kier alpha value is -1.89. The number of hydrogen-bond donors (Lipinski definition) is 2. The van der Waals surface area contributed by atoms with E-state index in [9.17, 15) is 4.79 Å². The number of carbonyl (C=O) groups is 1. The highest BCUT2D eigenvalue weighted by molar-refractivity contribution is 9.10. The molecule has 106 valence electrons. The van der Waals surface area contributed by atoms with E-state index < -0.39 is 0 Å². The van der Waals surface area contributed by atoms with E-state index in [0.29, 0.717) is 24.5 Å². The number of nitrogens with zero attached hydrogens (tertiary/aromatic N) is 3. The van der Waals surface area contributed by atoms with Crippen LogP contribution in [-0.4, -0.2) is 39.6 Å². The number of nitrogens with one attached hydrogen (secondary N) is 2. The van der Waals surface area contributed by atoms with Gasteiger partial charge in [0.1, 0.15) is 5.82 Å². The molecule has 0 spiro atoms. The Kier molecular flexibility index (Phi) is 4.73. The molecule has 0 unspecified atom stereocenters. The van der Waals surface area contributed by atoms with E-state index in [2.05, 4.69) is 36.4 Å². The highest BCUT2D eigenvalue weighted by Gasteiger charge is 2.17. The second-order valence-electron chi connectivity index (χ2n) is 4.35. The average molecular weight is 338 g/mol. The van der Waals surface area contributed by atoms with Crippen LogP contribution in [0.5, 0.6) is 0 Å². The molecule has 0 aromatic carbocycles. The number of pyridine rings is 1. The summed E-state index contributed by atoms with van der Waals surface area (Å²) in [6, 6.07) is 1.78. The molecule has 0 aliphatic rings. The quantitative estimate of drug-likeness (QED) is 0.877. The van der Waals surface area contributed by atoms with E-state index in [0.717, 1.165) is 10.0 Å². The van der Waals surface area contributed by atoms with Gasteiger partial charge in [-0.1, -0.05) is 0 Å². The number of halogens is 1. The minimum Gasteiger partial charge on any atom is -0.370 e. The number of anilines is 1. The van der Waals surface area contributed by atoms with Gasteiger partial charge in [0, 0.05) is 42.6 Å². The lowest BCUT2D eigenvalue weighted by Gasteiger charge is -2.18. The Bertz CT molecular complexity index is 584. The maximum atomic E-state index is 12.5. The van der Waals surface area contributed by atoms with E-state index in [4.69, 9.17) is 0 Å². The van der Waals surface area contributed by atoms with Crippen LogP contribution in [0.2, 0.25) is 0 Å². The lowest BCUT2D eigenvalue weighted by atomic mass is 10.2. The van der Waals surface area contributed by atoms with Crippen LogP contribution in [0, 0.1) is 0 Å². The Morgan fingerprint density at radius 2 is 2.30 bits per heavy atom. The number of aromatic nitrogens is 3. The normalized spacial score (nSPS) is 10.3. The lowest BCUT2D eigenvalue weighted by molar-refractivity contribution is 0.0785. The van der Waals surface area contributed by atoms with Crippen molar-refractivity contribution in [3.63, 3.8) is 0 Å². The topological polar surface area (TPSA) is 73.9 Å². The second-order valence-corrected chi connectivity index (χ2v) is 5.26. The van der Waals surface area contributed by atoms with Crippen LogP contribution < -0.4 is 5.32 Å². The second kappa shape index (κ2) is 6.51. The minimum atomic E-state index is -0.0871. The molecule has 0 saturated heterocycles. The standard InChI is InChI=1S/C13H16BrN5O/c1-3-15-12-11(4-10(14)7-16-12)13(20)19(2)8-9-5-17-18-6-9/h4-7H,3,8H2,1-2H3,(H,15,16)(H,17,18). The minimum absolute atomic E-state index is 0.0871. The zero-order chi connectivity index (χ0) is 14.5. The summed E-state index contributed by atoms with van der Waals surface area (Å²) in [5.74, 6) is 0.510. The van der Waals surface area contributed by atoms with Gasteiger partial charge in [0.15, 0.2) is 0 Å². The third-order valence-corrected chi connectivity index (χ3v) is 3.18. The molecule has 2 aromatic rings. The molecular formula is C13H16BrN5O. The molecule has 0 radical (unpaired) electrons. The molecule has 0 saturated carbocycles. The Balaban J connectivity index is 2.21. The van der Waals surface area contributed by atoms with Crippen LogP contribution in [0.25, 0.3) is 0 Å². The zero-order valence-electron chi connectivity index (χ0n) is 11.4. The van der Waals surface area contributed by atoms with Crippen LogP contribution >= 0.6 is 15.9 Å². The molecule has 2 aromatic heterocycles. The zero-order valence-corrected chi connectivity index (χ0v) is 12.9. The van der Waals surface area contributed by atoms with Gasteiger partial charge < -0.3 is 10.2 Å². The third-order valence-electron chi connectivity index (χ3n) is 2.75. The molecule has 6 nitrogen and oxygen atoms in total. The largest absolute Gasteiger partial charge is 0.370 e. The molecule has 2 heterocycles. The number of aromatic amines is 1. The van der Waals surface area contributed by atoms with Crippen molar-refractivity contribution in [2.45, 2.75) is 13.5 Å². The van der Waals surface area contributed by atoms with Crippen molar-refractivity contribution in [1.29, 1.82) is 0 Å². The van der Waals surface area contributed by atoms with Gasteiger partial charge in [0.05, 0.1) is 11.8 Å². The molecule has 0 aliphatic carbocycles. The number of hydrogen-bond acceptors (Lipinski definition) is 4. The van der Waals surface area contributed by atoms with Crippen LogP contribution in [0.3, 0.4) is 0 Å². The molecule has 2 N–H and O–H groups in total. The molecular weight excluding hydrogens is 322 g/mol. The van der Waals surface area contributed by atoms with Gasteiger partial charge in [0.2, 0.25) is 0 Å². The van der Waals surface area contributed by atoms with Crippen LogP contribution in [-0.2, 0) is 6.54 Å². The molecule has 20 heavy (non-hydrogen) atoms. The van der Waals surface area contributed by atoms with Gasteiger partial charge in [0.25, 0.3) is 5.91 Å². The fourth-order valence-corrected chi connectivity index (χ4v) is 2.16. The van der Waals surface area contributed by atoms with Gasteiger partial charge in [-0.2, -0.15) is 5.10 Å². The fourth-order valence-electron chi connectivity index (χ4n) is 1.83. The van der Waals surface area contributed by atoms with E-state index in [1.807, 2.05) is 6.92 Å². The van der Waals surface area contributed by atoms with Crippen molar-refractivity contribution in [2.75, 3.05) is 18.9 Å². The molecule has 7 heteroatoms. The van der Waals surface area contributed by atoms with Gasteiger partial charge in [-0.3, -0.25) is 9.89 Å². The molecule has 0 bridgehead atoms. The highest BCUT2D eigenvalue weighted by atomic mass is 79.9. The van der Waals surface area contributed by atoms with Crippen molar-refractivity contribution < 1.29 is 4.79 Å². The predicted octanol–water partition coefficient (Wildman–Crippen LogP) is 2.27. The Labute approximate surface area is 125 Å². The summed E-state index contributed by atoms with van der Waals surface area (Å²) in [7, 11) is 1.76. The maximum absolute atomic E-state index is 12.5. The van der Waals surface area contributed by atoms with Crippen LogP contribution in [0.4, 0.5) is 5.82 Å². The summed E-state index contributed by atoms with van der Waals surface area (Å²) < 4.78 is 0.777. The molecule has 0 aliphatic heterocycles. The van der Waals surface area contributed by atoms with Crippen molar-refractivity contribution in [3.05, 3.63) is 40.3 Å². The summed E-state index contributed by atoms with van der Waals surface area (Å²) in [6.07, 6.45) is 5.15. The smallest absolute Gasteiger partial charge is 0.257 e. The van der Waals surface area contributed by atoms with Crippen LogP contribution in [0.15, 0.2) is 29.1 Å². The summed E-state index contributed by atoms with van der Waals surface area (Å²) in [5.41, 5.74) is 1.50.